The van der Waals surface area contributed by atoms with Gasteiger partial charge in [0.15, 0.2) is 12.2 Å². The van der Waals surface area contributed by atoms with E-state index in [1.165, 1.54) is 32.1 Å². The predicted octanol–water partition coefficient (Wildman–Crippen LogP) is 4.33. The molecular weight excluding hydrogens is 236 g/mol. The van der Waals surface area contributed by atoms with Crippen molar-refractivity contribution in [2.75, 3.05) is 5.32 Å². The van der Waals surface area contributed by atoms with E-state index in [0.29, 0.717) is 6.04 Å². The molecule has 2 aromatic rings. The number of aromatic nitrogens is 1. The van der Waals surface area contributed by atoms with Gasteiger partial charge in [-0.2, -0.15) is 0 Å². The molecule has 1 unspecified atom stereocenters. The lowest BCUT2D eigenvalue weighted by atomic mass is 10.1. The van der Waals surface area contributed by atoms with Crippen LogP contribution in [0.4, 0.5) is 5.69 Å². The first-order valence-corrected chi connectivity index (χ1v) is 7.07. The Morgan fingerprint density at radius 3 is 3.05 bits per heavy atom. The molecule has 1 atom stereocenters. The minimum atomic E-state index is 0.519. The van der Waals surface area contributed by atoms with Crippen molar-refractivity contribution >= 4 is 5.69 Å². The molecule has 1 fully saturated rings. The van der Waals surface area contributed by atoms with Crippen LogP contribution in [-0.2, 0) is 0 Å². The van der Waals surface area contributed by atoms with E-state index in [-0.39, 0.29) is 0 Å². The van der Waals surface area contributed by atoms with Crippen LogP contribution in [0.1, 0.15) is 32.6 Å². The average molecular weight is 256 g/mol. The Balaban J connectivity index is 1.62. The molecule has 3 rings (SSSR count). The van der Waals surface area contributed by atoms with Crippen molar-refractivity contribution in [2.45, 2.75) is 38.6 Å². The second-order valence-electron chi connectivity index (χ2n) is 5.51. The Labute approximate surface area is 114 Å². The van der Waals surface area contributed by atoms with Crippen LogP contribution < -0.4 is 5.32 Å². The molecule has 1 aliphatic carbocycles. The summed E-state index contributed by atoms with van der Waals surface area (Å²) in [5.74, 6) is 1.82. The van der Waals surface area contributed by atoms with Crippen LogP contribution in [0.2, 0.25) is 0 Å². The molecule has 0 saturated heterocycles. The van der Waals surface area contributed by atoms with Gasteiger partial charge < -0.3 is 9.73 Å². The average Bonchev–Trinajstić information content (AvgIpc) is 3.09. The summed E-state index contributed by atoms with van der Waals surface area (Å²) in [6, 6.07) is 8.83. The summed E-state index contributed by atoms with van der Waals surface area (Å²) in [4.78, 5) is 3.96. The third-order valence-electron chi connectivity index (χ3n) is 3.70. The minimum Gasteiger partial charge on any atom is -0.444 e. The quantitative estimate of drug-likeness (QED) is 0.835. The van der Waals surface area contributed by atoms with Crippen molar-refractivity contribution in [3.63, 3.8) is 0 Å². The van der Waals surface area contributed by atoms with Crippen molar-refractivity contribution in [3.05, 3.63) is 36.9 Å². The summed E-state index contributed by atoms with van der Waals surface area (Å²) in [5, 5.41) is 3.57. The van der Waals surface area contributed by atoms with Gasteiger partial charge in [0.25, 0.3) is 0 Å². The smallest absolute Gasteiger partial charge is 0.181 e. The Morgan fingerprint density at radius 2 is 2.32 bits per heavy atom. The second kappa shape index (κ2) is 5.47. The fourth-order valence-corrected chi connectivity index (χ4v) is 2.37. The highest BCUT2D eigenvalue weighted by atomic mass is 16.3. The highest BCUT2D eigenvalue weighted by Gasteiger charge is 2.21. The molecule has 3 nitrogen and oxygen atoms in total. The van der Waals surface area contributed by atoms with Gasteiger partial charge in [-0.05, 0) is 37.8 Å². The van der Waals surface area contributed by atoms with Crippen molar-refractivity contribution in [1.29, 1.82) is 0 Å². The van der Waals surface area contributed by atoms with E-state index in [1.807, 2.05) is 12.1 Å². The molecule has 0 radical (unpaired) electrons. The van der Waals surface area contributed by atoms with Crippen molar-refractivity contribution in [1.82, 2.24) is 4.98 Å². The Hall–Kier alpha value is -1.77. The number of rotatable bonds is 6. The maximum atomic E-state index is 5.33. The molecule has 0 spiro atoms. The zero-order valence-electron chi connectivity index (χ0n) is 11.3. The molecule has 1 saturated carbocycles. The van der Waals surface area contributed by atoms with Gasteiger partial charge in [-0.15, -0.1) is 0 Å². The Kier molecular flexibility index (Phi) is 3.53. The van der Waals surface area contributed by atoms with Crippen LogP contribution in [-0.4, -0.2) is 11.0 Å². The van der Waals surface area contributed by atoms with Gasteiger partial charge in [0.1, 0.15) is 0 Å². The van der Waals surface area contributed by atoms with Gasteiger partial charge in [0, 0.05) is 17.3 Å². The van der Waals surface area contributed by atoms with Crippen molar-refractivity contribution in [3.8, 4) is 11.3 Å². The predicted molar refractivity (Wildman–Crippen MR) is 77.0 cm³/mol. The zero-order chi connectivity index (χ0) is 13.1. The van der Waals surface area contributed by atoms with Crippen LogP contribution in [0.15, 0.2) is 41.3 Å². The largest absolute Gasteiger partial charge is 0.444 e. The highest BCUT2D eigenvalue weighted by Crippen LogP contribution is 2.34. The van der Waals surface area contributed by atoms with E-state index in [2.05, 4.69) is 29.4 Å². The highest BCUT2D eigenvalue weighted by molar-refractivity contribution is 5.63. The normalized spacial score (nSPS) is 16.3. The van der Waals surface area contributed by atoms with Crippen LogP contribution in [0.3, 0.4) is 0 Å². The zero-order valence-corrected chi connectivity index (χ0v) is 11.3. The minimum absolute atomic E-state index is 0.519. The summed E-state index contributed by atoms with van der Waals surface area (Å²) in [7, 11) is 0. The number of benzene rings is 1. The lowest BCUT2D eigenvalue weighted by molar-refractivity contribution is 0.572. The first kappa shape index (κ1) is 12.3. The molecule has 1 heterocycles. The molecule has 0 aliphatic heterocycles. The van der Waals surface area contributed by atoms with E-state index in [4.69, 9.17) is 4.42 Å². The summed E-state index contributed by atoms with van der Waals surface area (Å²) in [6.45, 7) is 2.25. The lowest BCUT2D eigenvalue weighted by Crippen LogP contribution is -2.15. The van der Waals surface area contributed by atoms with Gasteiger partial charge in [-0.3, -0.25) is 0 Å². The summed E-state index contributed by atoms with van der Waals surface area (Å²) >= 11 is 0. The number of oxazole rings is 1. The summed E-state index contributed by atoms with van der Waals surface area (Å²) < 4.78 is 5.33. The topological polar surface area (TPSA) is 38.1 Å². The molecule has 0 bridgehead atoms. The number of nitrogens with one attached hydrogen (secondary N) is 1. The van der Waals surface area contributed by atoms with E-state index < -0.39 is 0 Å². The molecule has 100 valence electrons. The van der Waals surface area contributed by atoms with Crippen LogP contribution in [0.25, 0.3) is 11.3 Å². The maximum Gasteiger partial charge on any atom is 0.181 e. The van der Waals surface area contributed by atoms with Gasteiger partial charge >= 0.3 is 0 Å². The van der Waals surface area contributed by atoms with E-state index >= 15 is 0 Å². The third-order valence-corrected chi connectivity index (χ3v) is 3.70. The number of hydrogen-bond acceptors (Lipinski definition) is 3. The molecule has 3 heteroatoms. The number of nitrogens with zero attached hydrogens (tertiary/aromatic N) is 1. The van der Waals surface area contributed by atoms with Gasteiger partial charge in [0.2, 0.25) is 0 Å². The molecule has 19 heavy (non-hydrogen) atoms. The third kappa shape index (κ3) is 3.37. The Bertz CT molecular complexity index is 517. The van der Waals surface area contributed by atoms with Crippen LogP contribution in [0.5, 0.6) is 0 Å². The summed E-state index contributed by atoms with van der Waals surface area (Å²) in [6.07, 6.45) is 8.69. The van der Waals surface area contributed by atoms with Crippen LogP contribution >= 0.6 is 0 Å². The van der Waals surface area contributed by atoms with Crippen molar-refractivity contribution in [2.24, 2.45) is 5.92 Å². The first-order valence-electron chi connectivity index (χ1n) is 7.07. The number of anilines is 1. The van der Waals surface area contributed by atoms with Gasteiger partial charge in [-0.25, -0.2) is 4.98 Å². The van der Waals surface area contributed by atoms with E-state index in [1.54, 1.807) is 6.20 Å². The fraction of sp³-hybridized carbons (Fsp3) is 0.438. The molecule has 0 amide bonds. The van der Waals surface area contributed by atoms with Crippen LogP contribution in [0, 0.1) is 5.92 Å². The molecule has 1 aromatic heterocycles. The standard InChI is InChI=1S/C16H20N2O/c1-12(5-6-13-7-8-13)18-15-4-2-3-14(9-15)16-10-17-11-19-16/h2-4,9-13,18H,5-8H2,1H3. The molecule has 1 aliphatic rings. The second-order valence-corrected chi connectivity index (χ2v) is 5.51. The fourth-order valence-electron chi connectivity index (χ4n) is 2.37. The summed E-state index contributed by atoms with van der Waals surface area (Å²) in [5.41, 5.74) is 2.22. The first-order chi connectivity index (χ1) is 9.31. The number of hydrogen-bond donors (Lipinski definition) is 1. The monoisotopic (exact) mass is 256 g/mol. The maximum absolute atomic E-state index is 5.33. The van der Waals surface area contributed by atoms with Gasteiger partial charge in [-0.1, -0.05) is 25.0 Å². The molecule has 1 aromatic carbocycles. The lowest BCUT2D eigenvalue weighted by Gasteiger charge is -2.15. The van der Waals surface area contributed by atoms with Crippen molar-refractivity contribution < 1.29 is 4.42 Å². The molecular formula is C16H20N2O. The SMILES string of the molecule is CC(CCC1CC1)Nc1cccc(-c2cnco2)c1. The Morgan fingerprint density at radius 1 is 1.42 bits per heavy atom. The van der Waals surface area contributed by atoms with E-state index in [9.17, 15) is 0 Å². The van der Waals surface area contributed by atoms with Gasteiger partial charge in [0.05, 0.1) is 6.20 Å². The molecule has 1 N–H and O–H groups in total. The van der Waals surface area contributed by atoms with E-state index in [0.717, 1.165) is 22.9 Å².